The maximum atomic E-state index is 13.3. The molecule has 2 amide bonds. The molecule has 0 saturated carbocycles. The van der Waals surface area contributed by atoms with Crippen molar-refractivity contribution in [3.8, 4) is 0 Å². The summed E-state index contributed by atoms with van der Waals surface area (Å²) in [6.07, 6.45) is 2.43. The maximum Gasteiger partial charge on any atom is 0.323 e. The van der Waals surface area contributed by atoms with Crippen LogP contribution in [0.2, 0.25) is 0 Å². The van der Waals surface area contributed by atoms with E-state index in [0.29, 0.717) is 5.69 Å². The summed E-state index contributed by atoms with van der Waals surface area (Å²) < 4.78 is 13.3. The third-order valence-corrected chi connectivity index (χ3v) is 2.69. The first-order valence-corrected chi connectivity index (χ1v) is 6.09. The summed E-state index contributed by atoms with van der Waals surface area (Å²) in [5, 5.41) is 5.03. The second-order valence-electron chi connectivity index (χ2n) is 4.35. The number of nitrogens with two attached hydrogens (primary N) is 1. The van der Waals surface area contributed by atoms with Crippen molar-refractivity contribution in [2.24, 2.45) is 5.73 Å². The van der Waals surface area contributed by atoms with Gasteiger partial charge in [-0.1, -0.05) is 12.1 Å². The molecular formula is C14H15FN4O. The number of urea groups is 1. The van der Waals surface area contributed by atoms with E-state index in [9.17, 15) is 9.18 Å². The van der Waals surface area contributed by atoms with Crippen LogP contribution in [-0.2, 0) is 0 Å². The Balaban J connectivity index is 2.05. The Morgan fingerprint density at radius 1 is 1.35 bits per heavy atom. The lowest BCUT2D eigenvalue weighted by Gasteiger charge is -2.10. The Hall–Kier alpha value is -2.47. The Morgan fingerprint density at radius 3 is 2.85 bits per heavy atom. The fraction of sp³-hybridized carbons (Fsp3) is 0.143. The molecule has 2 aromatic rings. The summed E-state index contributed by atoms with van der Waals surface area (Å²) in [4.78, 5) is 15.4. The topological polar surface area (TPSA) is 80.0 Å². The van der Waals surface area contributed by atoms with Crippen LogP contribution < -0.4 is 16.4 Å². The van der Waals surface area contributed by atoms with E-state index < -0.39 is 11.8 Å². The van der Waals surface area contributed by atoms with Gasteiger partial charge in [0, 0.05) is 17.9 Å². The molecule has 0 bridgehead atoms. The van der Waals surface area contributed by atoms with Crippen molar-refractivity contribution in [3.63, 3.8) is 0 Å². The number of rotatable bonds is 3. The van der Waals surface area contributed by atoms with Crippen molar-refractivity contribution < 1.29 is 9.18 Å². The first kappa shape index (κ1) is 14.0. The molecule has 2 rings (SSSR count). The lowest BCUT2D eigenvalue weighted by Crippen LogP contribution is -2.20. The third-order valence-electron chi connectivity index (χ3n) is 2.69. The van der Waals surface area contributed by atoms with Gasteiger partial charge in [0.05, 0.1) is 11.9 Å². The highest BCUT2D eigenvalue weighted by molar-refractivity contribution is 5.99. The second kappa shape index (κ2) is 6.12. The molecule has 4 N–H and O–H groups in total. The van der Waals surface area contributed by atoms with Crippen LogP contribution in [0.25, 0.3) is 0 Å². The average Bonchev–Trinajstić information content (AvgIpc) is 2.41. The van der Waals surface area contributed by atoms with Gasteiger partial charge in [0.15, 0.2) is 5.82 Å². The van der Waals surface area contributed by atoms with Crippen LogP contribution in [0.4, 0.5) is 20.6 Å². The number of carbonyl (C=O) groups is 1. The molecule has 0 radical (unpaired) electrons. The Morgan fingerprint density at radius 2 is 2.15 bits per heavy atom. The predicted molar refractivity (Wildman–Crippen MR) is 75.9 cm³/mol. The highest BCUT2D eigenvalue weighted by Gasteiger charge is 2.07. The standard InChI is InChI=1S/C14H15FN4O/c1-9(16)10-3-2-4-11(7-10)18-14(20)19-13-5-6-17-8-12(13)15/h2-9H,16H2,1H3,(H2,17,18,19,20). The summed E-state index contributed by atoms with van der Waals surface area (Å²) >= 11 is 0. The molecular weight excluding hydrogens is 259 g/mol. The summed E-state index contributed by atoms with van der Waals surface area (Å²) in [5.41, 5.74) is 7.33. The van der Waals surface area contributed by atoms with Gasteiger partial charge in [-0.25, -0.2) is 9.18 Å². The van der Waals surface area contributed by atoms with Gasteiger partial charge < -0.3 is 16.4 Å². The van der Waals surface area contributed by atoms with Gasteiger partial charge in [-0.05, 0) is 30.7 Å². The summed E-state index contributed by atoms with van der Waals surface area (Å²) in [5.74, 6) is -0.591. The quantitative estimate of drug-likeness (QED) is 0.805. The zero-order valence-corrected chi connectivity index (χ0v) is 10.9. The number of hydrogen-bond acceptors (Lipinski definition) is 3. The molecule has 20 heavy (non-hydrogen) atoms. The van der Waals surface area contributed by atoms with E-state index >= 15 is 0 Å². The molecule has 6 heteroatoms. The number of aromatic nitrogens is 1. The van der Waals surface area contributed by atoms with Gasteiger partial charge >= 0.3 is 6.03 Å². The first-order chi connectivity index (χ1) is 9.56. The van der Waals surface area contributed by atoms with Crippen molar-refractivity contribution in [3.05, 3.63) is 54.1 Å². The number of anilines is 2. The molecule has 5 nitrogen and oxygen atoms in total. The summed E-state index contributed by atoms with van der Waals surface area (Å²) in [6, 6.07) is 7.89. The fourth-order valence-corrected chi connectivity index (χ4v) is 1.66. The van der Waals surface area contributed by atoms with E-state index in [4.69, 9.17) is 5.73 Å². The van der Waals surface area contributed by atoms with E-state index in [1.54, 1.807) is 18.2 Å². The van der Waals surface area contributed by atoms with Crippen molar-refractivity contribution >= 4 is 17.4 Å². The predicted octanol–water partition coefficient (Wildman–Crippen LogP) is 2.88. The minimum Gasteiger partial charge on any atom is -0.324 e. The second-order valence-corrected chi connectivity index (χ2v) is 4.35. The number of benzene rings is 1. The third kappa shape index (κ3) is 3.52. The van der Waals surface area contributed by atoms with Crippen LogP contribution in [0.5, 0.6) is 0 Å². The van der Waals surface area contributed by atoms with Gasteiger partial charge in [0.1, 0.15) is 0 Å². The number of nitrogens with one attached hydrogen (secondary N) is 2. The van der Waals surface area contributed by atoms with E-state index in [0.717, 1.165) is 11.8 Å². The number of amides is 2. The Kier molecular flexibility index (Phi) is 4.27. The minimum atomic E-state index is -0.591. The fourth-order valence-electron chi connectivity index (χ4n) is 1.66. The molecule has 0 fully saturated rings. The zero-order valence-electron chi connectivity index (χ0n) is 10.9. The van der Waals surface area contributed by atoms with E-state index in [-0.39, 0.29) is 11.7 Å². The lowest BCUT2D eigenvalue weighted by atomic mass is 10.1. The Labute approximate surface area is 116 Å². The molecule has 0 saturated heterocycles. The van der Waals surface area contributed by atoms with Crippen LogP contribution in [-0.4, -0.2) is 11.0 Å². The van der Waals surface area contributed by atoms with Crippen molar-refractivity contribution in [1.29, 1.82) is 0 Å². The molecule has 0 aliphatic rings. The molecule has 1 atom stereocenters. The SMILES string of the molecule is CC(N)c1cccc(NC(=O)Nc2ccncc2F)c1. The maximum absolute atomic E-state index is 13.3. The lowest BCUT2D eigenvalue weighted by molar-refractivity contribution is 0.262. The van der Waals surface area contributed by atoms with Gasteiger partial charge in [-0.3, -0.25) is 4.98 Å². The van der Waals surface area contributed by atoms with Crippen LogP contribution >= 0.6 is 0 Å². The van der Waals surface area contributed by atoms with Crippen LogP contribution in [0, 0.1) is 5.82 Å². The molecule has 104 valence electrons. The number of carbonyl (C=O) groups excluding carboxylic acids is 1. The molecule has 1 unspecified atom stereocenters. The van der Waals surface area contributed by atoms with Gasteiger partial charge in [-0.15, -0.1) is 0 Å². The van der Waals surface area contributed by atoms with Crippen molar-refractivity contribution in [2.45, 2.75) is 13.0 Å². The Bertz CT molecular complexity index is 616. The smallest absolute Gasteiger partial charge is 0.323 e. The summed E-state index contributed by atoms with van der Waals surface area (Å²) in [7, 11) is 0. The van der Waals surface area contributed by atoms with Crippen LogP contribution in [0.3, 0.4) is 0 Å². The molecule has 1 heterocycles. The average molecular weight is 274 g/mol. The van der Waals surface area contributed by atoms with Crippen LogP contribution in [0.15, 0.2) is 42.7 Å². The van der Waals surface area contributed by atoms with E-state index in [2.05, 4.69) is 15.6 Å². The van der Waals surface area contributed by atoms with Gasteiger partial charge in [-0.2, -0.15) is 0 Å². The molecule has 0 spiro atoms. The number of pyridine rings is 1. The minimum absolute atomic E-state index is 0.0702. The zero-order chi connectivity index (χ0) is 14.5. The summed E-state index contributed by atoms with van der Waals surface area (Å²) in [6.45, 7) is 1.85. The molecule has 0 aliphatic heterocycles. The number of hydrogen-bond donors (Lipinski definition) is 3. The monoisotopic (exact) mass is 274 g/mol. The highest BCUT2D eigenvalue weighted by Crippen LogP contribution is 2.16. The van der Waals surface area contributed by atoms with Gasteiger partial charge in [0.25, 0.3) is 0 Å². The number of nitrogens with zero attached hydrogens (tertiary/aromatic N) is 1. The van der Waals surface area contributed by atoms with Crippen molar-refractivity contribution in [1.82, 2.24) is 4.98 Å². The first-order valence-electron chi connectivity index (χ1n) is 6.09. The normalized spacial score (nSPS) is 11.8. The van der Waals surface area contributed by atoms with Crippen LogP contribution in [0.1, 0.15) is 18.5 Å². The van der Waals surface area contributed by atoms with E-state index in [1.165, 1.54) is 12.3 Å². The molecule has 0 aliphatic carbocycles. The van der Waals surface area contributed by atoms with Crippen molar-refractivity contribution in [2.75, 3.05) is 10.6 Å². The highest BCUT2D eigenvalue weighted by atomic mass is 19.1. The largest absolute Gasteiger partial charge is 0.324 e. The number of halogens is 1. The van der Waals surface area contributed by atoms with E-state index in [1.807, 2.05) is 13.0 Å². The molecule has 1 aromatic carbocycles. The molecule has 1 aromatic heterocycles. The van der Waals surface area contributed by atoms with Gasteiger partial charge in [0.2, 0.25) is 0 Å².